The number of rotatable bonds is 5. The number of halogens is 1. The Balaban J connectivity index is 1.63. The van der Waals surface area contributed by atoms with Gasteiger partial charge in [-0.25, -0.2) is 0 Å². The molecular formula is C28H27BrO4. The van der Waals surface area contributed by atoms with Gasteiger partial charge in [-0.05, 0) is 69.7 Å². The molecule has 0 spiro atoms. The van der Waals surface area contributed by atoms with Crippen molar-refractivity contribution < 1.29 is 18.9 Å². The van der Waals surface area contributed by atoms with Crippen LogP contribution >= 0.6 is 15.9 Å². The summed E-state index contributed by atoms with van der Waals surface area (Å²) in [6.07, 6.45) is 5.53. The maximum atomic E-state index is 6.75. The Labute approximate surface area is 203 Å². The van der Waals surface area contributed by atoms with E-state index in [0.717, 1.165) is 39.5 Å². The van der Waals surface area contributed by atoms with E-state index in [2.05, 4.69) is 58.4 Å². The molecule has 4 nitrogen and oxygen atoms in total. The lowest BCUT2D eigenvalue weighted by Gasteiger charge is -2.45. The first-order chi connectivity index (χ1) is 16.1. The minimum Gasteiger partial charge on any atom is -0.497 e. The largest absolute Gasteiger partial charge is 0.497 e. The summed E-state index contributed by atoms with van der Waals surface area (Å²) in [6, 6.07) is 20.9. The molecule has 4 atom stereocenters. The minimum atomic E-state index is -0.101. The van der Waals surface area contributed by atoms with Crippen molar-refractivity contribution in [1.29, 1.82) is 0 Å². The molecule has 0 fully saturated rings. The van der Waals surface area contributed by atoms with E-state index < -0.39 is 0 Å². The van der Waals surface area contributed by atoms with Gasteiger partial charge < -0.3 is 18.9 Å². The molecule has 1 heterocycles. The molecule has 2 aliphatic rings. The number of hydrogen-bond donors (Lipinski definition) is 0. The molecular weight excluding hydrogens is 480 g/mol. The van der Waals surface area contributed by atoms with Crippen molar-refractivity contribution in [3.05, 3.63) is 94.0 Å². The maximum Gasteiger partial charge on any atom is 0.136 e. The molecule has 0 aromatic heterocycles. The van der Waals surface area contributed by atoms with Gasteiger partial charge in [0.1, 0.15) is 29.1 Å². The summed E-state index contributed by atoms with van der Waals surface area (Å²) in [5.41, 5.74) is 3.63. The summed E-state index contributed by atoms with van der Waals surface area (Å²) >= 11 is 3.67. The third-order valence-corrected chi connectivity index (χ3v) is 7.47. The molecule has 0 saturated heterocycles. The highest BCUT2D eigenvalue weighted by molar-refractivity contribution is 9.10. The SMILES string of the molecule is COc1ccc([C@H]2CC=C[C@H]3c4cc(Br)c(OC)cc4O[C@H](c4ccc(OC)cc4)[C@@H]23)cc1. The van der Waals surface area contributed by atoms with Gasteiger partial charge in [0, 0.05) is 23.5 Å². The second-order valence-electron chi connectivity index (χ2n) is 8.48. The first-order valence-electron chi connectivity index (χ1n) is 11.1. The molecule has 5 rings (SSSR count). The van der Waals surface area contributed by atoms with Gasteiger partial charge in [-0.15, -0.1) is 0 Å². The van der Waals surface area contributed by atoms with Crippen LogP contribution in [0.3, 0.4) is 0 Å². The standard InChI is InChI=1S/C28H27BrO4/c1-30-19-11-7-17(8-12-19)21-5-4-6-22-23-15-24(29)26(32-3)16-25(23)33-28(27(21)22)18-9-13-20(31-2)14-10-18/h4,6-16,21-22,27-28H,5H2,1-3H3/t21-,22+,27+,28-/m1/s1. The Bertz CT molecular complexity index is 1150. The maximum absolute atomic E-state index is 6.75. The Hall–Kier alpha value is -2.92. The molecule has 0 amide bonds. The first kappa shape index (κ1) is 21.9. The quantitative estimate of drug-likeness (QED) is 0.347. The molecule has 0 N–H and O–H groups in total. The highest BCUT2D eigenvalue weighted by atomic mass is 79.9. The van der Waals surface area contributed by atoms with E-state index in [1.165, 1.54) is 11.1 Å². The Morgan fingerprint density at radius 1 is 0.818 bits per heavy atom. The second-order valence-corrected chi connectivity index (χ2v) is 9.34. The van der Waals surface area contributed by atoms with E-state index in [0.29, 0.717) is 5.92 Å². The van der Waals surface area contributed by atoms with Crippen LogP contribution in [0, 0.1) is 5.92 Å². The predicted octanol–water partition coefficient (Wildman–Crippen LogP) is 7.05. The zero-order valence-electron chi connectivity index (χ0n) is 19.0. The third kappa shape index (κ3) is 3.99. The Morgan fingerprint density at radius 2 is 1.45 bits per heavy atom. The average Bonchev–Trinajstić information content (AvgIpc) is 2.87. The van der Waals surface area contributed by atoms with E-state index in [1.807, 2.05) is 30.3 Å². The monoisotopic (exact) mass is 506 g/mol. The molecule has 0 saturated carbocycles. The van der Waals surface area contributed by atoms with Gasteiger partial charge in [0.25, 0.3) is 0 Å². The molecule has 33 heavy (non-hydrogen) atoms. The van der Waals surface area contributed by atoms with Crippen molar-refractivity contribution in [2.45, 2.75) is 24.4 Å². The molecule has 3 aromatic carbocycles. The first-order valence-corrected chi connectivity index (χ1v) is 11.9. The Morgan fingerprint density at radius 3 is 2.06 bits per heavy atom. The van der Waals surface area contributed by atoms with Crippen molar-refractivity contribution in [2.75, 3.05) is 21.3 Å². The van der Waals surface area contributed by atoms with Crippen LogP contribution in [0.5, 0.6) is 23.0 Å². The van der Waals surface area contributed by atoms with Gasteiger partial charge in [-0.2, -0.15) is 0 Å². The molecule has 0 unspecified atom stereocenters. The van der Waals surface area contributed by atoms with Crippen LogP contribution in [0.15, 0.2) is 77.3 Å². The number of methoxy groups -OCH3 is 3. The van der Waals surface area contributed by atoms with Crippen LogP contribution in [0.25, 0.3) is 0 Å². The fourth-order valence-electron chi connectivity index (χ4n) is 5.20. The summed E-state index contributed by atoms with van der Waals surface area (Å²) in [5, 5.41) is 0. The number of allylic oxidation sites excluding steroid dienone is 2. The van der Waals surface area contributed by atoms with Crippen LogP contribution in [0.2, 0.25) is 0 Å². The van der Waals surface area contributed by atoms with Crippen molar-refractivity contribution in [2.24, 2.45) is 5.92 Å². The highest BCUT2D eigenvalue weighted by Gasteiger charge is 2.44. The molecule has 0 radical (unpaired) electrons. The zero-order valence-corrected chi connectivity index (χ0v) is 20.5. The summed E-state index contributed by atoms with van der Waals surface area (Å²) in [7, 11) is 5.07. The van der Waals surface area contributed by atoms with Gasteiger partial charge in [0.05, 0.1) is 25.8 Å². The number of hydrogen-bond acceptors (Lipinski definition) is 4. The molecule has 0 bridgehead atoms. The lowest BCUT2D eigenvalue weighted by molar-refractivity contribution is 0.0806. The summed E-state index contributed by atoms with van der Waals surface area (Å²) < 4.78 is 24.0. The number of ether oxygens (including phenoxy) is 4. The van der Waals surface area contributed by atoms with Crippen LogP contribution in [-0.2, 0) is 0 Å². The van der Waals surface area contributed by atoms with Crippen LogP contribution in [-0.4, -0.2) is 21.3 Å². The summed E-state index contributed by atoms with van der Waals surface area (Å²) in [5.74, 6) is 4.13. The van der Waals surface area contributed by atoms with Crippen molar-refractivity contribution in [3.8, 4) is 23.0 Å². The van der Waals surface area contributed by atoms with Crippen LogP contribution < -0.4 is 18.9 Å². The van der Waals surface area contributed by atoms with E-state index in [-0.39, 0.29) is 17.9 Å². The number of fused-ring (bicyclic) bond motifs is 3. The van der Waals surface area contributed by atoms with Gasteiger partial charge in [0.2, 0.25) is 0 Å². The van der Waals surface area contributed by atoms with Gasteiger partial charge in [-0.3, -0.25) is 0 Å². The van der Waals surface area contributed by atoms with Gasteiger partial charge in [0.15, 0.2) is 0 Å². The molecule has 5 heteroatoms. The van der Waals surface area contributed by atoms with Crippen molar-refractivity contribution >= 4 is 15.9 Å². The van der Waals surface area contributed by atoms with E-state index >= 15 is 0 Å². The van der Waals surface area contributed by atoms with Crippen LogP contribution in [0.1, 0.15) is 41.1 Å². The van der Waals surface area contributed by atoms with E-state index in [4.69, 9.17) is 18.9 Å². The Kier molecular flexibility index (Phi) is 6.07. The topological polar surface area (TPSA) is 36.9 Å². The van der Waals surface area contributed by atoms with Crippen LogP contribution in [0.4, 0.5) is 0 Å². The van der Waals surface area contributed by atoms with E-state index in [9.17, 15) is 0 Å². The molecule has 1 aliphatic carbocycles. The summed E-state index contributed by atoms with van der Waals surface area (Å²) in [4.78, 5) is 0. The molecule has 170 valence electrons. The third-order valence-electron chi connectivity index (χ3n) is 6.85. The van der Waals surface area contributed by atoms with E-state index in [1.54, 1.807) is 21.3 Å². The van der Waals surface area contributed by atoms with Gasteiger partial charge in [-0.1, -0.05) is 36.4 Å². The van der Waals surface area contributed by atoms with Gasteiger partial charge >= 0.3 is 0 Å². The smallest absolute Gasteiger partial charge is 0.136 e. The summed E-state index contributed by atoms with van der Waals surface area (Å²) in [6.45, 7) is 0. The lowest BCUT2D eigenvalue weighted by Crippen LogP contribution is -2.35. The van der Waals surface area contributed by atoms with Crippen molar-refractivity contribution in [1.82, 2.24) is 0 Å². The normalized spacial score (nSPS) is 23.2. The molecule has 3 aromatic rings. The number of benzene rings is 3. The lowest BCUT2D eigenvalue weighted by atomic mass is 9.65. The highest BCUT2D eigenvalue weighted by Crippen LogP contribution is 2.56. The molecule has 1 aliphatic heterocycles. The zero-order chi connectivity index (χ0) is 22.9. The minimum absolute atomic E-state index is 0.101. The fraction of sp³-hybridized carbons (Fsp3) is 0.286. The second kappa shape index (κ2) is 9.14. The fourth-order valence-corrected chi connectivity index (χ4v) is 5.72. The predicted molar refractivity (Wildman–Crippen MR) is 133 cm³/mol. The van der Waals surface area contributed by atoms with Crippen molar-refractivity contribution in [3.63, 3.8) is 0 Å². The average molecular weight is 507 g/mol.